The lowest BCUT2D eigenvalue weighted by molar-refractivity contribution is -0.120. The van der Waals surface area contributed by atoms with Gasteiger partial charge in [-0.3, -0.25) is 9.59 Å². The lowest BCUT2D eigenvalue weighted by Gasteiger charge is -2.22. The predicted molar refractivity (Wildman–Crippen MR) is 105 cm³/mol. The van der Waals surface area contributed by atoms with Crippen molar-refractivity contribution in [2.24, 2.45) is 11.5 Å². The van der Waals surface area contributed by atoms with Crippen LogP contribution in [0.1, 0.15) is 37.0 Å². The third kappa shape index (κ3) is 5.47. The molecule has 0 aromatic heterocycles. The van der Waals surface area contributed by atoms with Gasteiger partial charge in [0, 0.05) is 5.69 Å². The van der Waals surface area contributed by atoms with E-state index in [0.29, 0.717) is 29.2 Å². The number of hydrogen-bond acceptors (Lipinski definition) is 4. The number of ether oxygens (including phenoxy) is 1. The van der Waals surface area contributed by atoms with Crippen LogP contribution in [0.4, 0.5) is 5.69 Å². The summed E-state index contributed by atoms with van der Waals surface area (Å²) >= 11 is 0. The number of hydrogen-bond donors (Lipinski definition) is 3. The van der Waals surface area contributed by atoms with Gasteiger partial charge in [0.2, 0.25) is 5.91 Å². The van der Waals surface area contributed by atoms with Crippen LogP contribution in [0.15, 0.2) is 48.5 Å². The molecule has 0 saturated carbocycles. The van der Waals surface area contributed by atoms with E-state index in [4.69, 9.17) is 16.2 Å². The average molecular weight is 378 g/mol. The maximum atomic E-state index is 12.2. The van der Waals surface area contributed by atoms with Crippen LogP contribution < -0.4 is 21.5 Å². The molecule has 5 N–H and O–H groups in total. The first-order chi connectivity index (χ1) is 11.8. The van der Waals surface area contributed by atoms with Gasteiger partial charge in [0.1, 0.15) is 11.5 Å². The Kier molecular flexibility index (Phi) is 7.61. The normalized spacial score (nSPS) is 12.4. The van der Waals surface area contributed by atoms with Gasteiger partial charge in [-0.2, -0.15) is 0 Å². The van der Waals surface area contributed by atoms with Gasteiger partial charge in [-0.1, -0.05) is 25.5 Å². The first kappa shape index (κ1) is 21.5. The molecule has 0 fully saturated rings. The minimum atomic E-state index is -0.912. The molecule has 0 aliphatic rings. The number of amides is 2. The van der Waals surface area contributed by atoms with Crippen molar-refractivity contribution < 1.29 is 14.3 Å². The number of benzene rings is 2. The highest BCUT2D eigenvalue weighted by molar-refractivity contribution is 5.97. The highest BCUT2D eigenvalue weighted by Crippen LogP contribution is 2.26. The van der Waals surface area contributed by atoms with E-state index in [2.05, 4.69) is 5.32 Å². The minimum absolute atomic E-state index is 0. The molecule has 140 valence electrons. The zero-order valence-electron chi connectivity index (χ0n) is 14.8. The van der Waals surface area contributed by atoms with Crippen molar-refractivity contribution in [3.8, 4) is 11.5 Å². The molecule has 6 nitrogen and oxygen atoms in total. The van der Waals surface area contributed by atoms with Gasteiger partial charge >= 0.3 is 0 Å². The van der Waals surface area contributed by atoms with Gasteiger partial charge in [-0.25, -0.2) is 0 Å². The van der Waals surface area contributed by atoms with Gasteiger partial charge in [0.05, 0.1) is 11.1 Å². The second-order valence-electron chi connectivity index (χ2n) is 6.11. The molecule has 0 saturated heterocycles. The van der Waals surface area contributed by atoms with Crippen LogP contribution in [0.2, 0.25) is 0 Å². The summed E-state index contributed by atoms with van der Waals surface area (Å²) in [5, 5.41) is 2.79. The lowest BCUT2D eigenvalue weighted by atomic mass is 9.96. The standard InChI is InChI=1S/C19H23N3O3.ClH/c1-3-12-19(2,21)18(24)22-13-8-10-14(11-9-13)25-16-7-5-4-6-15(16)17(20)23;/h4-11H,3,12,21H2,1-2H3,(H2,20,23)(H,22,24);1H. The van der Waals surface area contributed by atoms with Crippen LogP contribution in [-0.4, -0.2) is 17.4 Å². The summed E-state index contributed by atoms with van der Waals surface area (Å²) in [7, 11) is 0. The van der Waals surface area contributed by atoms with E-state index in [1.807, 2.05) is 6.92 Å². The van der Waals surface area contributed by atoms with Crippen molar-refractivity contribution >= 4 is 29.9 Å². The summed E-state index contributed by atoms with van der Waals surface area (Å²) in [6, 6.07) is 13.5. The van der Waals surface area contributed by atoms with Gasteiger partial charge in [-0.05, 0) is 49.7 Å². The third-order valence-electron chi connectivity index (χ3n) is 3.78. The maximum Gasteiger partial charge on any atom is 0.252 e. The lowest BCUT2D eigenvalue weighted by Crippen LogP contribution is -2.48. The minimum Gasteiger partial charge on any atom is -0.457 e. The van der Waals surface area contributed by atoms with Crippen LogP contribution in [0.3, 0.4) is 0 Å². The largest absolute Gasteiger partial charge is 0.457 e. The summed E-state index contributed by atoms with van der Waals surface area (Å²) in [5.74, 6) is 0.111. The van der Waals surface area contributed by atoms with Crippen molar-refractivity contribution in [3.05, 3.63) is 54.1 Å². The van der Waals surface area contributed by atoms with Crippen LogP contribution >= 0.6 is 12.4 Å². The number of primary amides is 1. The zero-order valence-corrected chi connectivity index (χ0v) is 15.6. The topological polar surface area (TPSA) is 107 Å². The van der Waals surface area contributed by atoms with Gasteiger partial charge in [0.15, 0.2) is 0 Å². The second kappa shape index (κ2) is 9.22. The summed E-state index contributed by atoms with van der Waals surface area (Å²) < 4.78 is 5.70. The number of halogens is 1. The molecule has 1 unspecified atom stereocenters. The van der Waals surface area contributed by atoms with Crippen molar-refractivity contribution in [1.82, 2.24) is 0 Å². The smallest absolute Gasteiger partial charge is 0.252 e. The molecule has 0 radical (unpaired) electrons. The molecule has 7 heteroatoms. The Labute approximate surface area is 159 Å². The van der Waals surface area contributed by atoms with E-state index < -0.39 is 11.4 Å². The van der Waals surface area contributed by atoms with Gasteiger partial charge in [-0.15, -0.1) is 12.4 Å². The molecule has 2 aromatic carbocycles. The highest BCUT2D eigenvalue weighted by Gasteiger charge is 2.27. The Balaban J connectivity index is 0.00000338. The Bertz CT molecular complexity index is 761. The highest BCUT2D eigenvalue weighted by atomic mass is 35.5. The third-order valence-corrected chi connectivity index (χ3v) is 3.78. The number of anilines is 1. The average Bonchev–Trinajstić information content (AvgIpc) is 2.57. The molecule has 2 aromatic rings. The molecule has 0 heterocycles. The summed E-state index contributed by atoms with van der Waals surface area (Å²) in [5.41, 5.74) is 11.4. The van der Waals surface area contributed by atoms with Gasteiger partial charge in [0.25, 0.3) is 5.91 Å². The fourth-order valence-corrected chi connectivity index (χ4v) is 2.40. The van der Waals surface area contributed by atoms with Crippen LogP contribution in [0.5, 0.6) is 11.5 Å². The fourth-order valence-electron chi connectivity index (χ4n) is 2.40. The zero-order chi connectivity index (χ0) is 18.4. The van der Waals surface area contributed by atoms with E-state index in [1.54, 1.807) is 55.5 Å². The quantitative estimate of drug-likeness (QED) is 0.686. The summed E-state index contributed by atoms with van der Waals surface area (Å²) in [6.45, 7) is 3.69. The predicted octanol–water partition coefficient (Wildman–Crippen LogP) is 3.46. The molecule has 0 spiro atoms. The Hall–Kier alpha value is -2.57. The Morgan fingerprint density at radius 3 is 2.31 bits per heavy atom. The summed E-state index contributed by atoms with van der Waals surface area (Å²) in [4.78, 5) is 23.6. The molecular weight excluding hydrogens is 354 g/mol. The van der Waals surface area contributed by atoms with Crippen molar-refractivity contribution in [2.75, 3.05) is 5.32 Å². The molecule has 0 aliphatic carbocycles. The van der Waals surface area contributed by atoms with Crippen molar-refractivity contribution in [3.63, 3.8) is 0 Å². The molecular formula is C19H24ClN3O3. The first-order valence-corrected chi connectivity index (χ1v) is 8.10. The molecule has 26 heavy (non-hydrogen) atoms. The van der Waals surface area contributed by atoms with Crippen molar-refractivity contribution in [1.29, 1.82) is 0 Å². The molecule has 0 bridgehead atoms. The first-order valence-electron chi connectivity index (χ1n) is 8.10. The van der Waals surface area contributed by atoms with Crippen molar-refractivity contribution in [2.45, 2.75) is 32.2 Å². The van der Waals surface area contributed by atoms with Gasteiger partial charge < -0.3 is 21.5 Å². The number of rotatable bonds is 7. The number of nitrogens with two attached hydrogens (primary N) is 2. The number of nitrogens with one attached hydrogen (secondary N) is 1. The monoisotopic (exact) mass is 377 g/mol. The Morgan fingerprint density at radius 2 is 1.73 bits per heavy atom. The molecule has 0 aliphatic heterocycles. The number of carbonyl (C=O) groups excluding carboxylic acids is 2. The van der Waals surface area contributed by atoms with E-state index in [1.165, 1.54) is 0 Å². The summed E-state index contributed by atoms with van der Waals surface area (Å²) in [6.07, 6.45) is 1.43. The van der Waals surface area contributed by atoms with Crippen LogP contribution in [0.25, 0.3) is 0 Å². The molecule has 1 atom stereocenters. The molecule has 2 amide bonds. The van der Waals surface area contributed by atoms with Crippen LogP contribution in [-0.2, 0) is 4.79 Å². The van der Waals surface area contributed by atoms with E-state index in [9.17, 15) is 9.59 Å². The Morgan fingerprint density at radius 1 is 1.12 bits per heavy atom. The number of carbonyl (C=O) groups is 2. The van der Waals surface area contributed by atoms with E-state index in [-0.39, 0.29) is 18.3 Å². The molecule has 2 rings (SSSR count). The van der Waals surface area contributed by atoms with Crippen LogP contribution in [0, 0.1) is 0 Å². The van der Waals surface area contributed by atoms with E-state index >= 15 is 0 Å². The van der Waals surface area contributed by atoms with E-state index in [0.717, 1.165) is 6.42 Å². The number of para-hydroxylation sites is 1. The SMILES string of the molecule is CCCC(C)(N)C(=O)Nc1ccc(Oc2ccccc2C(N)=O)cc1.Cl. The maximum absolute atomic E-state index is 12.2. The second-order valence-corrected chi connectivity index (χ2v) is 6.11. The fraction of sp³-hybridized carbons (Fsp3) is 0.263.